The molecule has 9 heteroatoms. The number of nitrogens with one attached hydrogen (secondary N) is 1. The van der Waals surface area contributed by atoms with Crippen LogP contribution in [0.4, 0.5) is 0 Å². The van der Waals surface area contributed by atoms with Gasteiger partial charge in [0.05, 0.1) is 11.7 Å². The van der Waals surface area contributed by atoms with Crippen molar-refractivity contribution >= 4 is 39.1 Å². The van der Waals surface area contributed by atoms with Crippen molar-refractivity contribution in [1.82, 2.24) is 14.6 Å². The highest BCUT2D eigenvalue weighted by molar-refractivity contribution is 7.88. The van der Waals surface area contributed by atoms with E-state index in [0.29, 0.717) is 41.5 Å². The van der Waals surface area contributed by atoms with Crippen LogP contribution in [-0.4, -0.2) is 36.7 Å². The maximum absolute atomic E-state index is 12.9. The number of aromatic nitrogens is 1. The number of benzene rings is 1. The van der Waals surface area contributed by atoms with Crippen molar-refractivity contribution in [1.29, 1.82) is 0 Å². The first-order chi connectivity index (χ1) is 13.4. The summed E-state index contributed by atoms with van der Waals surface area (Å²) in [6.45, 7) is 0.935. The summed E-state index contributed by atoms with van der Waals surface area (Å²) in [5, 5.41) is 3.52. The summed E-state index contributed by atoms with van der Waals surface area (Å²) in [5.41, 5.74) is 1.33. The number of nitrogens with zero attached hydrogens (tertiary/aromatic N) is 2. The molecule has 1 saturated heterocycles. The van der Waals surface area contributed by atoms with Gasteiger partial charge in [0.25, 0.3) is 0 Å². The summed E-state index contributed by atoms with van der Waals surface area (Å²) in [7, 11) is -3.64. The van der Waals surface area contributed by atoms with Crippen LogP contribution in [0.5, 0.6) is 0 Å². The van der Waals surface area contributed by atoms with Crippen LogP contribution < -0.4 is 5.32 Å². The van der Waals surface area contributed by atoms with Gasteiger partial charge in [-0.2, -0.15) is 0 Å². The first-order valence-corrected chi connectivity index (χ1v) is 11.3. The second-order valence-electron chi connectivity index (χ2n) is 6.73. The van der Waals surface area contributed by atoms with Crippen LogP contribution >= 0.6 is 23.2 Å². The highest BCUT2D eigenvalue weighted by Crippen LogP contribution is 2.29. The Balaban J connectivity index is 1.64. The lowest BCUT2D eigenvalue weighted by molar-refractivity contribution is -0.126. The minimum atomic E-state index is -3.64. The van der Waals surface area contributed by atoms with Gasteiger partial charge in [0.15, 0.2) is 0 Å². The molecule has 1 aliphatic rings. The minimum Gasteiger partial charge on any atom is -0.352 e. The molecule has 3 rings (SSSR count). The zero-order valence-corrected chi connectivity index (χ0v) is 17.5. The van der Waals surface area contributed by atoms with Crippen molar-refractivity contribution in [3.05, 3.63) is 63.9 Å². The topological polar surface area (TPSA) is 79.4 Å². The third kappa shape index (κ3) is 5.23. The fourth-order valence-electron chi connectivity index (χ4n) is 3.19. The Labute approximate surface area is 174 Å². The number of halogens is 2. The van der Waals surface area contributed by atoms with Gasteiger partial charge in [-0.15, -0.1) is 0 Å². The fraction of sp³-hybridized carbons (Fsp3) is 0.368. The molecule has 1 fully saturated rings. The van der Waals surface area contributed by atoms with Gasteiger partial charge in [-0.25, -0.2) is 12.7 Å². The molecule has 1 aromatic heterocycles. The molecule has 1 amide bonds. The molecule has 0 spiro atoms. The molecule has 28 heavy (non-hydrogen) atoms. The van der Waals surface area contributed by atoms with Gasteiger partial charge < -0.3 is 5.32 Å². The van der Waals surface area contributed by atoms with Crippen molar-refractivity contribution in [2.45, 2.75) is 25.1 Å². The van der Waals surface area contributed by atoms with E-state index in [1.54, 1.807) is 30.6 Å². The third-order valence-electron chi connectivity index (χ3n) is 4.75. The molecule has 1 aromatic carbocycles. The predicted octanol–water partition coefficient (Wildman–Crippen LogP) is 3.25. The molecule has 2 heterocycles. The van der Waals surface area contributed by atoms with Crippen LogP contribution in [0.25, 0.3) is 0 Å². The monoisotopic (exact) mass is 441 g/mol. The Morgan fingerprint density at radius 1 is 1.18 bits per heavy atom. The molecule has 1 aliphatic heterocycles. The summed E-state index contributed by atoms with van der Waals surface area (Å²) < 4.78 is 27.1. The summed E-state index contributed by atoms with van der Waals surface area (Å²) in [6, 6.07) is 8.55. The first kappa shape index (κ1) is 21.0. The Morgan fingerprint density at radius 3 is 2.54 bits per heavy atom. The van der Waals surface area contributed by atoms with Crippen LogP contribution in [0, 0.1) is 5.92 Å². The maximum Gasteiger partial charge on any atom is 0.224 e. The van der Waals surface area contributed by atoms with Gasteiger partial charge >= 0.3 is 0 Å². The number of carbonyl (C=O) groups excluding carboxylic acids is 1. The zero-order chi connectivity index (χ0) is 20.1. The highest BCUT2D eigenvalue weighted by Gasteiger charge is 2.33. The number of amides is 1. The summed E-state index contributed by atoms with van der Waals surface area (Å²) in [5.74, 6) is -0.809. The summed E-state index contributed by atoms with van der Waals surface area (Å²) in [6.07, 6.45) is 4.61. The normalized spacial score (nSPS) is 18.0. The molecule has 1 unspecified atom stereocenters. The van der Waals surface area contributed by atoms with E-state index in [1.807, 2.05) is 12.1 Å². The standard InChI is InChI=1S/C19H21Cl2N3O3S/c20-17-4-1-5-18(21)16(17)13-28(26,27)24-10-2-3-15(12-24)19(25)23-11-14-6-8-22-9-7-14/h1,4-9,15H,2-3,10-13H2,(H,23,25). The maximum atomic E-state index is 12.9. The number of hydrogen-bond acceptors (Lipinski definition) is 4. The lowest BCUT2D eigenvalue weighted by Crippen LogP contribution is -2.45. The van der Waals surface area contributed by atoms with Crippen LogP contribution in [0.15, 0.2) is 42.7 Å². The Morgan fingerprint density at radius 2 is 1.86 bits per heavy atom. The van der Waals surface area contributed by atoms with Crippen LogP contribution in [-0.2, 0) is 27.1 Å². The van der Waals surface area contributed by atoms with Crippen LogP contribution in [0.1, 0.15) is 24.0 Å². The Kier molecular flexibility index (Phi) is 6.93. The van der Waals surface area contributed by atoms with Crippen molar-refractivity contribution in [3.8, 4) is 0 Å². The van der Waals surface area contributed by atoms with E-state index >= 15 is 0 Å². The molecule has 2 aromatic rings. The summed E-state index contributed by atoms with van der Waals surface area (Å²) in [4.78, 5) is 16.5. The van der Waals surface area contributed by atoms with Gasteiger partial charge in [0.1, 0.15) is 0 Å². The zero-order valence-electron chi connectivity index (χ0n) is 15.1. The molecular formula is C19H21Cl2N3O3S. The number of carbonyl (C=O) groups is 1. The number of pyridine rings is 1. The van der Waals surface area contributed by atoms with Crippen LogP contribution in [0.2, 0.25) is 10.0 Å². The van der Waals surface area contributed by atoms with Gasteiger partial charge in [0, 0.05) is 47.6 Å². The largest absolute Gasteiger partial charge is 0.352 e. The molecule has 0 saturated carbocycles. The quantitative estimate of drug-likeness (QED) is 0.745. The molecule has 1 atom stereocenters. The SMILES string of the molecule is O=C(NCc1ccncc1)C1CCCN(S(=O)(=O)Cc2c(Cl)cccc2Cl)C1. The first-order valence-electron chi connectivity index (χ1n) is 8.94. The lowest BCUT2D eigenvalue weighted by atomic mass is 9.99. The van der Waals surface area contributed by atoms with Gasteiger partial charge in [-0.1, -0.05) is 29.3 Å². The van der Waals surface area contributed by atoms with E-state index in [-0.39, 0.29) is 24.1 Å². The van der Waals surface area contributed by atoms with E-state index < -0.39 is 10.0 Å². The summed E-state index contributed by atoms with van der Waals surface area (Å²) >= 11 is 12.2. The lowest BCUT2D eigenvalue weighted by Gasteiger charge is -2.31. The van der Waals surface area contributed by atoms with E-state index in [1.165, 1.54) is 4.31 Å². The third-order valence-corrected chi connectivity index (χ3v) is 7.23. The average molecular weight is 442 g/mol. The number of rotatable bonds is 6. The molecule has 1 N–H and O–H groups in total. The molecule has 0 radical (unpaired) electrons. The Hall–Kier alpha value is -1.67. The van der Waals surface area contributed by atoms with E-state index in [9.17, 15) is 13.2 Å². The number of sulfonamides is 1. The van der Waals surface area contributed by atoms with E-state index in [4.69, 9.17) is 23.2 Å². The van der Waals surface area contributed by atoms with Crippen molar-refractivity contribution in [3.63, 3.8) is 0 Å². The van der Waals surface area contributed by atoms with Gasteiger partial charge in [0.2, 0.25) is 15.9 Å². The molecular weight excluding hydrogens is 421 g/mol. The van der Waals surface area contributed by atoms with E-state index in [0.717, 1.165) is 5.56 Å². The average Bonchev–Trinajstić information content (AvgIpc) is 2.70. The van der Waals surface area contributed by atoms with Crippen LogP contribution in [0.3, 0.4) is 0 Å². The Bertz CT molecular complexity index is 918. The second-order valence-corrected chi connectivity index (χ2v) is 9.51. The fourth-order valence-corrected chi connectivity index (χ4v) is 5.55. The highest BCUT2D eigenvalue weighted by atomic mass is 35.5. The smallest absolute Gasteiger partial charge is 0.224 e. The molecule has 0 bridgehead atoms. The van der Waals surface area contributed by atoms with Crippen molar-refractivity contribution in [2.24, 2.45) is 5.92 Å². The van der Waals surface area contributed by atoms with Crippen molar-refractivity contribution < 1.29 is 13.2 Å². The minimum absolute atomic E-state index is 0.146. The predicted molar refractivity (Wildman–Crippen MR) is 109 cm³/mol. The molecule has 6 nitrogen and oxygen atoms in total. The van der Waals surface area contributed by atoms with Gasteiger partial charge in [-0.05, 0) is 42.7 Å². The van der Waals surface area contributed by atoms with Crippen molar-refractivity contribution in [2.75, 3.05) is 13.1 Å². The molecule has 150 valence electrons. The van der Waals surface area contributed by atoms with Gasteiger partial charge in [-0.3, -0.25) is 9.78 Å². The van der Waals surface area contributed by atoms with E-state index in [2.05, 4.69) is 10.3 Å². The second kappa shape index (κ2) is 9.22. The molecule has 0 aliphatic carbocycles. The number of piperidine rings is 1. The number of hydrogen-bond donors (Lipinski definition) is 1.